The fourth-order valence-corrected chi connectivity index (χ4v) is 1.01. The van der Waals surface area contributed by atoms with E-state index in [1.807, 2.05) is 30.4 Å². The van der Waals surface area contributed by atoms with Gasteiger partial charge in [-0.05, 0) is 24.8 Å². The van der Waals surface area contributed by atoms with Crippen LogP contribution in [0.1, 0.15) is 5.56 Å². The monoisotopic (exact) mass is 171 g/mol. The molecular formula is C12H13N. The summed E-state index contributed by atoms with van der Waals surface area (Å²) >= 11 is 0. The van der Waals surface area contributed by atoms with Crippen LogP contribution in [0.3, 0.4) is 0 Å². The average molecular weight is 171 g/mol. The Hall–Kier alpha value is -1.63. The molecule has 0 aliphatic heterocycles. The van der Waals surface area contributed by atoms with Crippen molar-refractivity contribution in [3.63, 3.8) is 0 Å². The van der Waals surface area contributed by atoms with Gasteiger partial charge in [0, 0.05) is 6.20 Å². The van der Waals surface area contributed by atoms with Crippen LogP contribution < -0.4 is 0 Å². The second kappa shape index (κ2) is 5.95. The molecule has 0 amide bonds. The summed E-state index contributed by atoms with van der Waals surface area (Å²) in [6.07, 6.45) is 8.57. The Morgan fingerprint density at radius 1 is 1.15 bits per heavy atom. The summed E-state index contributed by atoms with van der Waals surface area (Å²) in [7, 11) is 0. The van der Waals surface area contributed by atoms with Gasteiger partial charge in [-0.3, -0.25) is 4.99 Å². The van der Waals surface area contributed by atoms with E-state index in [1.54, 1.807) is 6.20 Å². The molecule has 0 radical (unpaired) electrons. The van der Waals surface area contributed by atoms with Crippen LogP contribution in [0.15, 0.2) is 59.8 Å². The molecule has 0 N–H and O–H groups in total. The molecule has 0 unspecified atom stereocenters. The first kappa shape index (κ1) is 9.46. The first-order valence-corrected chi connectivity index (χ1v) is 4.25. The largest absolute Gasteiger partial charge is 0.273 e. The molecule has 0 atom stereocenters. The lowest BCUT2D eigenvalue weighted by Crippen LogP contribution is -1.77. The summed E-state index contributed by atoms with van der Waals surface area (Å²) in [6, 6.07) is 10.3. The lowest BCUT2D eigenvalue weighted by atomic mass is 10.1. The van der Waals surface area contributed by atoms with Crippen LogP contribution in [0.25, 0.3) is 0 Å². The summed E-state index contributed by atoms with van der Waals surface area (Å²) in [5.41, 5.74) is 1.32. The van der Waals surface area contributed by atoms with E-state index in [0.29, 0.717) is 0 Å². The predicted molar refractivity (Wildman–Crippen MR) is 58.0 cm³/mol. The highest BCUT2D eigenvalue weighted by molar-refractivity contribution is 5.26. The molecule has 1 rings (SSSR count). The molecule has 0 spiro atoms. The highest BCUT2D eigenvalue weighted by Crippen LogP contribution is 1.99. The summed E-state index contributed by atoms with van der Waals surface area (Å²) in [6.45, 7) is 3.35. The molecule has 1 nitrogen and oxygen atoms in total. The number of benzene rings is 1. The fraction of sp³-hybridized carbons (Fsp3) is 0.0833. The van der Waals surface area contributed by atoms with Crippen LogP contribution in [-0.2, 0) is 6.42 Å². The van der Waals surface area contributed by atoms with Crippen LogP contribution in [0.2, 0.25) is 0 Å². The van der Waals surface area contributed by atoms with Crippen molar-refractivity contribution in [1.29, 1.82) is 0 Å². The van der Waals surface area contributed by atoms with Crippen molar-refractivity contribution in [1.82, 2.24) is 0 Å². The lowest BCUT2D eigenvalue weighted by Gasteiger charge is -1.92. The van der Waals surface area contributed by atoms with Crippen molar-refractivity contribution in [2.75, 3.05) is 0 Å². The first-order valence-electron chi connectivity index (χ1n) is 4.25. The van der Waals surface area contributed by atoms with Gasteiger partial charge in [-0.15, -0.1) is 0 Å². The van der Waals surface area contributed by atoms with Crippen molar-refractivity contribution >= 4 is 6.72 Å². The number of aliphatic imine (C=N–C) groups is 1. The molecule has 13 heavy (non-hydrogen) atoms. The summed E-state index contributed by atoms with van der Waals surface area (Å²) < 4.78 is 0. The van der Waals surface area contributed by atoms with E-state index in [9.17, 15) is 0 Å². The summed E-state index contributed by atoms with van der Waals surface area (Å²) in [4.78, 5) is 3.60. The van der Waals surface area contributed by atoms with Gasteiger partial charge in [0.1, 0.15) is 0 Å². The topological polar surface area (TPSA) is 12.4 Å². The predicted octanol–water partition coefficient (Wildman–Crippen LogP) is 3.00. The maximum atomic E-state index is 3.60. The van der Waals surface area contributed by atoms with Gasteiger partial charge in [-0.25, -0.2) is 0 Å². The molecule has 1 aromatic carbocycles. The molecule has 1 heteroatoms. The minimum Gasteiger partial charge on any atom is -0.273 e. The van der Waals surface area contributed by atoms with E-state index in [-0.39, 0.29) is 0 Å². The molecule has 0 heterocycles. The highest BCUT2D eigenvalue weighted by atomic mass is 14.6. The molecule has 0 aliphatic rings. The van der Waals surface area contributed by atoms with Gasteiger partial charge in [0.15, 0.2) is 0 Å². The van der Waals surface area contributed by atoms with Crippen molar-refractivity contribution < 1.29 is 0 Å². The maximum absolute atomic E-state index is 3.60. The summed E-state index contributed by atoms with van der Waals surface area (Å²) in [5, 5.41) is 0. The zero-order valence-electron chi connectivity index (χ0n) is 7.56. The van der Waals surface area contributed by atoms with Gasteiger partial charge < -0.3 is 0 Å². The molecule has 0 fully saturated rings. The minimum atomic E-state index is 0.961. The van der Waals surface area contributed by atoms with Crippen LogP contribution in [0.5, 0.6) is 0 Å². The van der Waals surface area contributed by atoms with Gasteiger partial charge in [-0.2, -0.15) is 0 Å². The van der Waals surface area contributed by atoms with Crippen LogP contribution >= 0.6 is 0 Å². The number of hydrogen-bond donors (Lipinski definition) is 0. The van der Waals surface area contributed by atoms with Crippen LogP contribution in [-0.4, -0.2) is 6.72 Å². The molecule has 0 saturated heterocycles. The third-order valence-electron chi connectivity index (χ3n) is 1.64. The zero-order chi connectivity index (χ0) is 9.36. The van der Waals surface area contributed by atoms with E-state index in [4.69, 9.17) is 0 Å². The zero-order valence-corrected chi connectivity index (χ0v) is 7.56. The van der Waals surface area contributed by atoms with E-state index in [2.05, 4.69) is 29.9 Å². The third kappa shape index (κ3) is 4.06. The second-order valence-electron chi connectivity index (χ2n) is 2.64. The van der Waals surface area contributed by atoms with Crippen LogP contribution in [0, 0.1) is 0 Å². The maximum Gasteiger partial charge on any atom is 0.0260 e. The van der Waals surface area contributed by atoms with Gasteiger partial charge in [-0.1, -0.05) is 42.5 Å². The second-order valence-corrected chi connectivity index (χ2v) is 2.64. The van der Waals surface area contributed by atoms with E-state index >= 15 is 0 Å². The number of rotatable bonds is 4. The number of hydrogen-bond acceptors (Lipinski definition) is 1. The first-order chi connectivity index (χ1) is 6.43. The molecule has 0 aliphatic carbocycles. The Bertz CT molecular complexity index is 296. The normalized spacial score (nSPS) is 11.1. The quantitative estimate of drug-likeness (QED) is 0.488. The SMILES string of the molecule is C=N/C=C\C=C/Cc1ccccc1. The smallest absolute Gasteiger partial charge is 0.0260 e. The van der Waals surface area contributed by atoms with Crippen molar-refractivity contribution in [3.05, 3.63) is 60.3 Å². The minimum absolute atomic E-state index is 0.961. The van der Waals surface area contributed by atoms with E-state index < -0.39 is 0 Å². The van der Waals surface area contributed by atoms with E-state index in [0.717, 1.165) is 6.42 Å². The average Bonchev–Trinajstić information content (AvgIpc) is 2.19. The standard InChI is InChI=1S/C12H13N/c1-13-11-7-3-6-10-12-8-4-2-5-9-12/h2-9,11H,1,10H2/b6-3-,11-7-. The Morgan fingerprint density at radius 3 is 2.62 bits per heavy atom. The number of nitrogens with zero attached hydrogens (tertiary/aromatic N) is 1. The molecular weight excluding hydrogens is 158 g/mol. The van der Waals surface area contributed by atoms with E-state index in [1.165, 1.54) is 5.56 Å². The van der Waals surface area contributed by atoms with Gasteiger partial charge in [0.2, 0.25) is 0 Å². The third-order valence-corrected chi connectivity index (χ3v) is 1.64. The highest BCUT2D eigenvalue weighted by Gasteiger charge is 1.83. The molecule has 0 aromatic heterocycles. The van der Waals surface area contributed by atoms with Crippen molar-refractivity contribution in [2.24, 2.45) is 4.99 Å². The lowest BCUT2D eigenvalue weighted by molar-refractivity contribution is 1.27. The summed E-state index contributed by atoms with van der Waals surface area (Å²) in [5.74, 6) is 0. The van der Waals surface area contributed by atoms with Crippen molar-refractivity contribution in [3.8, 4) is 0 Å². The van der Waals surface area contributed by atoms with Crippen molar-refractivity contribution in [2.45, 2.75) is 6.42 Å². The number of allylic oxidation sites excluding steroid dienone is 3. The fourth-order valence-electron chi connectivity index (χ4n) is 1.01. The Kier molecular flexibility index (Phi) is 4.33. The Balaban J connectivity index is 2.39. The molecule has 0 bridgehead atoms. The van der Waals surface area contributed by atoms with Gasteiger partial charge in [0.05, 0.1) is 0 Å². The molecule has 66 valence electrons. The van der Waals surface area contributed by atoms with Crippen LogP contribution in [0.4, 0.5) is 0 Å². The Labute approximate surface area is 79.1 Å². The van der Waals surface area contributed by atoms with Gasteiger partial charge in [0.25, 0.3) is 0 Å². The van der Waals surface area contributed by atoms with Gasteiger partial charge >= 0.3 is 0 Å². The molecule has 1 aromatic rings. The molecule has 0 saturated carbocycles. The Morgan fingerprint density at radius 2 is 1.92 bits per heavy atom.